The minimum absolute atomic E-state index is 0.142. The fourth-order valence-corrected chi connectivity index (χ4v) is 1.97. The van der Waals surface area contributed by atoms with Crippen LogP contribution in [0.3, 0.4) is 0 Å². The van der Waals surface area contributed by atoms with Gasteiger partial charge in [-0.05, 0) is 30.2 Å². The maximum absolute atomic E-state index is 8.64. The highest BCUT2D eigenvalue weighted by Crippen LogP contribution is 2.18. The van der Waals surface area contributed by atoms with Gasteiger partial charge in [0.2, 0.25) is 0 Å². The molecule has 3 N–H and O–H groups in total. The van der Waals surface area contributed by atoms with E-state index < -0.39 is 0 Å². The Hall–Kier alpha value is -1.97. The van der Waals surface area contributed by atoms with Gasteiger partial charge >= 0.3 is 0 Å². The van der Waals surface area contributed by atoms with Crippen molar-refractivity contribution >= 4 is 16.7 Å². The van der Waals surface area contributed by atoms with Crippen LogP contribution in [-0.2, 0) is 6.54 Å². The number of benzene rings is 1. The van der Waals surface area contributed by atoms with Crippen LogP contribution in [0.4, 0.5) is 0 Å². The van der Waals surface area contributed by atoms with Crippen molar-refractivity contribution in [2.75, 3.05) is 0 Å². The molecule has 0 atom stereocenters. The number of nitrogens with zero attached hydrogens (tertiary/aromatic N) is 2. The third-order valence-electron chi connectivity index (χ3n) is 2.74. The number of nitrogens with two attached hydrogens (primary N) is 1. The van der Waals surface area contributed by atoms with Crippen molar-refractivity contribution in [2.45, 2.75) is 20.4 Å². The molecule has 0 bridgehead atoms. The normalized spacial score (nSPS) is 12.5. The zero-order valence-electron chi connectivity index (χ0n) is 10.1. The summed E-state index contributed by atoms with van der Waals surface area (Å²) in [6.07, 6.45) is 2.07. The standard InChI is InChI=1S/C13H17N3O/c1-9(2)8-16-6-5-10-7-11(13(14)15-17)3-4-12(10)16/h3-7,9,17H,8H2,1-2H3,(H2,14,15). The van der Waals surface area contributed by atoms with Gasteiger partial charge in [-0.2, -0.15) is 0 Å². The van der Waals surface area contributed by atoms with E-state index in [0.717, 1.165) is 17.5 Å². The van der Waals surface area contributed by atoms with Gasteiger partial charge in [0, 0.05) is 29.2 Å². The molecule has 1 aromatic heterocycles. The molecule has 0 aliphatic heterocycles. The van der Waals surface area contributed by atoms with Crippen molar-refractivity contribution in [1.29, 1.82) is 0 Å². The minimum atomic E-state index is 0.142. The third-order valence-corrected chi connectivity index (χ3v) is 2.74. The number of hydrogen-bond acceptors (Lipinski definition) is 2. The van der Waals surface area contributed by atoms with Crippen LogP contribution in [0.1, 0.15) is 19.4 Å². The summed E-state index contributed by atoms with van der Waals surface area (Å²) in [5.41, 5.74) is 7.48. The number of aromatic nitrogens is 1. The van der Waals surface area contributed by atoms with E-state index in [9.17, 15) is 0 Å². The molecule has 0 fully saturated rings. The van der Waals surface area contributed by atoms with E-state index >= 15 is 0 Å². The highest BCUT2D eigenvalue weighted by Gasteiger charge is 2.05. The molecule has 2 rings (SSSR count). The number of oxime groups is 1. The Morgan fingerprint density at radius 2 is 2.18 bits per heavy atom. The Morgan fingerprint density at radius 3 is 2.82 bits per heavy atom. The van der Waals surface area contributed by atoms with Gasteiger partial charge in [0.1, 0.15) is 0 Å². The summed E-state index contributed by atoms with van der Waals surface area (Å²) in [4.78, 5) is 0. The molecule has 0 unspecified atom stereocenters. The average molecular weight is 231 g/mol. The fraction of sp³-hybridized carbons (Fsp3) is 0.308. The zero-order chi connectivity index (χ0) is 12.4. The molecule has 0 saturated heterocycles. The first kappa shape index (κ1) is 11.5. The lowest BCUT2D eigenvalue weighted by Crippen LogP contribution is -2.12. The molecule has 0 aliphatic rings. The smallest absolute Gasteiger partial charge is 0.170 e. The molecule has 2 aromatic rings. The predicted molar refractivity (Wildman–Crippen MR) is 69.3 cm³/mol. The first-order valence-electron chi connectivity index (χ1n) is 5.68. The minimum Gasteiger partial charge on any atom is -0.409 e. The molecule has 0 saturated carbocycles. The molecule has 4 nitrogen and oxygen atoms in total. The first-order valence-corrected chi connectivity index (χ1v) is 5.68. The van der Waals surface area contributed by atoms with Crippen molar-refractivity contribution in [3.8, 4) is 0 Å². The molecule has 4 heteroatoms. The third kappa shape index (κ3) is 2.25. The lowest BCUT2D eigenvalue weighted by atomic mass is 10.1. The van der Waals surface area contributed by atoms with Crippen molar-refractivity contribution in [1.82, 2.24) is 4.57 Å². The zero-order valence-corrected chi connectivity index (χ0v) is 10.1. The predicted octanol–water partition coefficient (Wildman–Crippen LogP) is 2.39. The van der Waals surface area contributed by atoms with E-state index in [2.05, 4.69) is 29.8 Å². The van der Waals surface area contributed by atoms with E-state index in [0.29, 0.717) is 5.92 Å². The van der Waals surface area contributed by atoms with Crippen LogP contribution in [-0.4, -0.2) is 15.6 Å². The Labute approximate surface area is 100 Å². The topological polar surface area (TPSA) is 63.5 Å². The lowest BCUT2D eigenvalue weighted by molar-refractivity contribution is 0.318. The second-order valence-electron chi connectivity index (χ2n) is 4.62. The van der Waals surface area contributed by atoms with Gasteiger partial charge in [-0.3, -0.25) is 0 Å². The van der Waals surface area contributed by atoms with Gasteiger partial charge in [0.15, 0.2) is 5.84 Å². The summed E-state index contributed by atoms with van der Waals surface area (Å²) in [5, 5.41) is 12.8. The number of rotatable bonds is 3. The summed E-state index contributed by atoms with van der Waals surface area (Å²) < 4.78 is 2.22. The van der Waals surface area contributed by atoms with Crippen molar-refractivity contribution < 1.29 is 5.21 Å². The molecule has 0 spiro atoms. The van der Waals surface area contributed by atoms with Crippen molar-refractivity contribution in [3.63, 3.8) is 0 Å². The van der Waals surface area contributed by atoms with Gasteiger partial charge in [-0.1, -0.05) is 19.0 Å². The second kappa shape index (κ2) is 4.49. The first-order chi connectivity index (χ1) is 8.11. The Bertz CT molecular complexity index is 555. The monoisotopic (exact) mass is 231 g/mol. The SMILES string of the molecule is CC(C)Cn1ccc2cc(/C(N)=N/O)ccc21. The van der Waals surface area contributed by atoms with Crippen LogP contribution in [0.2, 0.25) is 0 Å². The molecule has 0 radical (unpaired) electrons. The quantitative estimate of drug-likeness (QED) is 0.369. The molecule has 1 aromatic carbocycles. The number of fused-ring (bicyclic) bond motifs is 1. The van der Waals surface area contributed by atoms with Gasteiger partial charge in [0.25, 0.3) is 0 Å². The van der Waals surface area contributed by atoms with Crippen molar-refractivity contribution in [2.24, 2.45) is 16.8 Å². The Kier molecular flexibility index (Phi) is 3.04. The largest absolute Gasteiger partial charge is 0.409 e. The van der Waals surface area contributed by atoms with Crippen LogP contribution >= 0.6 is 0 Å². The fourth-order valence-electron chi connectivity index (χ4n) is 1.97. The van der Waals surface area contributed by atoms with Gasteiger partial charge in [-0.25, -0.2) is 0 Å². The molecule has 17 heavy (non-hydrogen) atoms. The molecule has 0 aliphatic carbocycles. The van der Waals surface area contributed by atoms with Gasteiger partial charge in [0.05, 0.1) is 0 Å². The molecular weight excluding hydrogens is 214 g/mol. The summed E-state index contributed by atoms with van der Waals surface area (Å²) >= 11 is 0. The average Bonchev–Trinajstić information content (AvgIpc) is 2.70. The summed E-state index contributed by atoms with van der Waals surface area (Å²) in [6.45, 7) is 5.37. The van der Waals surface area contributed by atoms with Crippen LogP contribution in [0.25, 0.3) is 10.9 Å². The molecule has 90 valence electrons. The molecular formula is C13H17N3O. The second-order valence-corrected chi connectivity index (χ2v) is 4.62. The van der Waals surface area contributed by atoms with E-state index in [-0.39, 0.29) is 5.84 Å². The van der Waals surface area contributed by atoms with E-state index in [1.807, 2.05) is 24.3 Å². The maximum Gasteiger partial charge on any atom is 0.170 e. The number of amidine groups is 1. The maximum atomic E-state index is 8.64. The molecule has 1 heterocycles. The van der Waals surface area contributed by atoms with Gasteiger partial charge in [-0.15, -0.1) is 0 Å². The van der Waals surface area contributed by atoms with E-state index in [1.165, 1.54) is 5.52 Å². The van der Waals surface area contributed by atoms with Crippen LogP contribution in [0, 0.1) is 5.92 Å². The van der Waals surface area contributed by atoms with Crippen LogP contribution in [0.15, 0.2) is 35.6 Å². The summed E-state index contributed by atoms with van der Waals surface area (Å²) in [5.74, 6) is 0.748. The molecule has 0 amide bonds. The van der Waals surface area contributed by atoms with E-state index in [1.54, 1.807) is 0 Å². The van der Waals surface area contributed by atoms with Crippen molar-refractivity contribution in [3.05, 3.63) is 36.0 Å². The summed E-state index contributed by atoms with van der Waals surface area (Å²) in [6, 6.07) is 7.85. The summed E-state index contributed by atoms with van der Waals surface area (Å²) in [7, 11) is 0. The van der Waals surface area contributed by atoms with E-state index in [4.69, 9.17) is 10.9 Å². The lowest BCUT2D eigenvalue weighted by Gasteiger charge is -2.08. The number of hydrogen-bond donors (Lipinski definition) is 2. The highest BCUT2D eigenvalue weighted by atomic mass is 16.4. The Morgan fingerprint density at radius 1 is 1.41 bits per heavy atom. The van der Waals surface area contributed by atoms with Gasteiger partial charge < -0.3 is 15.5 Å². The van der Waals surface area contributed by atoms with Crippen LogP contribution in [0.5, 0.6) is 0 Å². The van der Waals surface area contributed by atoms with Crippen LogP contribution < -0.4 is 5.73 Å². The Balaban J connectivity index is 2.45. The highest BCUT2D eigenvalue weighted by molar-refractivity contribution is 6.00.